The molecule has 0 saturated carbocycles. The number of rotatable bonds is 5. The summed E-state index contributed by atoms with van der Waals surface area (Å²) in [7, 11) is 0. The maximum atomic E-state index is 5.98. The summed E-state index contributed by atoms with van der Waals surface area (Å²) in [6.45, 7) is 0.908. The van der Waals surface area contributed by atoms with E-state index < -0.39 is 0 Å². The SMILES string of the molecule is C#CCOc1ccc(CNc2ccc(Cl)c(Cl)c2)cc1Br. The number of terminal acetylenes is 1. The Kier molecular flexibility index (Phi) is 5.81. The molecule has 0 aliphatic carbocycles. The van der Waals surface area contributed by atoms with Crippen LogP contribution in [0.25, 0.3) is 0 Å². The molecule has 2 rings (SSSR count). The molecular formula is C16H12BrCl2NO. The van der Waals surface area contributed by atoms with Crippen molar-refractivity contribution >= 4 is 44.8 Å². The Bertz CT molecular complexity index is 682. The molecule has 0 fully saturated rings. The summed E-state index contributed by atoms with van der Waals surface area (Å²) >= 11 is 15.3. The van der Waals surface area contributed by atoms with E-state index in [2.05, 4.69) is 27.2 Å². The van der Waals surface area contributed by atoms with Gasteiger partial charge in [0, 0.05) is 12.2 Å². The smallest absolute Gasteiger partial charge is 0.148 e. The fourth-order valence-corrected chi connectivity index (χ4v) is 2.54. The van der Waals surface area contributed by atoms with Crippen LogP contribution >= 0.6 is 39.1 Å². The van der Waals surface area contributed by atoms with E-state index in [-0.39, 0.29) is 6.61 Å². The van der Waals surface area contributed by atoms with Gasteiger partial charge in [0.25, 0.3) is 0 Å². The largest absolute Gasteiger partial charge is 0.480 e. The topological polar surface area (TPSA) is 21.3 Å². The van der Waals surface area contributed by atoms with E-state index in [1.807, 2.05) is 24.3 Å². The Hall–Kier alpha value is -1.34. The van der Waals surface area contributed by atoms with Crippen molar-refractivity contribution < 1.29 is 4.74 Å². The Labute approximate surface area is 142 Å². The van der Waals surface area contributed by atoms with Crippen molar-refractivity contribution in [2.45, 2.75) is 6.54 Å². The molecule has 0 aliphatic heterocycles. The van der Waals surface area contributed by atoms with Gasteiger partial charge in [0.1, 0.15) is 12.4 Å². The molecule has 0 aromatic heterocycles. The predicted molar refractivity (Wildman–Crippen MR) is 92.3 cm³/mol. The third-order valence-electron chi connectivity index (χ3n) is 2.72. The number of hydrogen-bond donors (Lipinski definition) is 1. The quantitative estimate of drug-likeness (QED) is 0.698. The maximum absolute atomic E-state index is 5.98. The molecular weight excluding hydrogens is 373 g/mol. The molecule has 0 saturated heterocycles. The first kappa shape index (κ1) is 16.0. The van der Waals surface area contributed by atoms with Gasteiger partial charge < -0.3 is 10.1 Å². The molecule has 5 heteroatoms. The Morgan fingerprint density at radius 3 is 2.62 bits per heavy atom. The molecule has 2 aromatic rings. The van der Waals surface area contributed by atoms with Crippen molar-refractivity contribution in [2.24, 2.45) is 0 Å². The van der Waals surface area contributed by atoms with Gasteiger partial charge in [-0.05, 0) is 51.8 Å². The molecule has 2 aromatic carbocycles. The number of ether oxygens (including phenoxy) is 1. The van der Waals surface area contributed by atoms with Crippen LogP contribution in [-0.4, -0.2) is 6.61 Å². The van der Waals surface area contributed by atoms with E-state index in [1.165, 1.54) is 0 Å². The van der Waals surface area contributed by atoms with E-state index in [4.69, 9.17) is 34.4 Å². The van der Waals surface area contributed by atoms with E-state index in [1.54, 1.807) is 12.1 Å². The van der Waals surface area contributed by atoms with Crippen LogP contribution in [0.4, 0.5) is 5.69 Å². The van der Waals surface area contributed by atoms with Gasteiger partial charge in [-0.2, -0.15) is 0 Å². The normalized spacial score (nSPS) is 10.0. The van der Waals surface area contributed by atoms with Crippen LogP contribution in [0.5, 0.6) is 5.75 Å². The summed E-state index contributed by atoms with van der Waals surface area (Å²) < 4.78 is 6.26. The van der Waals surface area contributed by atoms with Crippen LogP contribution in [0.15, 0.2) is 40.9 Å². The average molecular weight is 385 g/mol. The van der Waals surface area contributed by atoms with Crippen molar-refractivity contribution in [1.82, 2.24) is 0 Å². The molecule has 0 spiro atoms. The second-order valence-electron chi connectivity index (χ2n) is 4.24. The minimum atomic E-state index is 0.249. The molecule has 2 nitrogen and oxygen atoms in total. The van der Waals surface area contributed by atoms with Crippen LogP contribution < -0.4 is 10.1 Å². The summed E-state index contributed by atoms with van der Waals surface area (Å²) in [4.78, 5) is 0. The van der Waals surface area contributed by atoms with Crippen molar-refractivity contribution in [3.8, 4) is 18.1 Å². The molecule has 108 valence electrons. The van der Waals surface area contributed by atoms with E-state index in [0.717, 1.165) is 21.5 Å². The fraction of sp³-hybridized carbons (Fsp3) is 0.125. The summed E-state index contributed by atoms with van der Waals surface area (Å²) in [5.74, 6) is 3.16. The highest BCUT2D eigenvalue weighted by Gasteiger charge is 2.03. The second-order valence-corrected chi connectivity index (χ2v) is 5.91. The van der Waals surface area contributed by atoms with Crippen molar-refractivity contribution in [3.63, 3.8) is 0 Å². The lowest BCUT2D eigenvalue weighted by Gasteiger charge is -2.10. The molecule has 0 bridgehead atoms. The summed E-state index contributed by atoms with van der Waals surface area (Å²) in [6.07, 6.45) is 5.17. The van der Waals surface area contributed by atoms with Crippen LogP contribution in [0, 0.1) is 12.3 Å². The van der Waals surface area contributed by atoms with Gasteiger partial charge in [0.05, 0.1) is 14.5 Å². The van der Waals surface area contributed by atoms with Gasteiger partial charge in [0.15, 0.2) is 0 Å². The Morgan fingerprint density at radius 1 is 1.14 bits per heavy atom. The van der Waals surface area contributed by atoms with E-state index in [9.17, 15) is 0 Å². The minimum Gasteiger partial charge on any atom is -0.480 e. The summed E-state index contributed by atoms with van der Waals surface area (Å²) in [5, 5.41) is 4.35. The lowest BCUT2D eigenvalue weighted by Crippen LogP contribution is -2.00. The third kappa shape index (κ3) is 4.57. The van der Waals surface area contributed by atoms with Gasteiger partial charge in [0.2, 0.25) is 0 Å². The fourth-order valence-electron chi connectivity index (χ4n) is 1.70. The first-order valence-electron chi connectivity index (χ1n) is 6.14. The van der Waals surface area contributed by atoms with E-state index >= 15 is 0 Å². The summed E-state index contributed by atoms with van der Waals surface area (Å²) in [6, 6.07) is 11.3. The summed E-state index contributed by atoms with van der Waals surface area (Å²) in [5.41, 5.74) is 2.01. The van der Waals surface area contributed by atoms with Crippen LogP contribution in [0.2, 0.25) is 10.0 Å². The van der Waals surface area contributed by atoms with Crippen molar-refractivity contribution in [3.05, 3.63) is 56.5 Å². The van der Waals surface area contributed by atoms with Crippen molar-refractivity contribution in [2.75, 3.05) is 11.9 Å². The van der Waals surface area contributed by atoms with E-state index in [0.29, 0.717) is 16.6 Å². The van der Waals surface area contributed by atoms with Crippen molar-refractivity contribution in [1.29, 1.82) is 0 Å². The molecule has 0 unspecified atom stereocenters. The molecule has 0 aliphatic rings. The molecule has 1 N–H and O–H groups in total. The lowest BCUT2D eigenvalue weighted by atomic mass is 10.2. The Balaban J connectivity index is 2.01. The van der Waals surface area contributed by atoms with Gasteiger partial charge in [-0.1, -0.05) is 35.2 Å². The third-order valence-corrected chi connectivity index (χ3v) is 4.08. The van der Waals surface area contributed by atoms with Gasteiger partial charge in [-0.3, -0.25) is 0 Å². The van der Waals surface area contributed by atoms with Gasteiger partial charge >= 0.3 is 0 Å². The molecule has 21 heavy (non-hydrogen) atoms. The number of hydrogen-bond acceptors (Lipinski definition) is 2. The highest BCUT2D eigenvalue weighted by atomic mass is 79.9. The van der Waals surface area contributed by atoms with Crippen LogP contribution in [0.1, 0.15) is 5.56 Å². The molecule has 0 amide bonds. The maximum Gasteiger partial charge on any atom is 0.148 e. The minimum absolute atomic E-state index is 0.249. The van der Waals surface area contributed by atoms with Gasteiger partial charge in [-0.15, -0.1) is 6.42 Å². The first-order valence-corrected chi connectivity index (χ1v) is 7.68. The molecule has 0 radical (unpaired) electrons. The molecule has 0 atom stereocenters. The second kappa shape index (κ2) is 7.61. The number of benzene rings is 2. The van der Waals surface area contributed by atoms with Crippen LogP contribution in [0.3, 0.4) is 0 Å². The number of nitrogens with one attached hydrogen (secondary N) is 1. The zero-order chi connectivity index (χ0) is 15.2. The highest BCUT2D eigenvalue weighted by molar-refractivity contribution is 9.10. The monoisotopic (exact) mass is 383 g/mol. The first-order chi connectivity index (χ1) is 10.1. The highest BCUT2D eigenvalue weighted by Crippen LogP contribution is 2.27. The molecule has 0 heterocycles. The predicted octanol–water partition coefficient (Wildman–Crippen LogP) is 5.38. The van der Waals surface area contributed by atoms with Crippen LogP contribution in [-0.2, 0) is 6.54 Å². The Morgan fingerprint density at radius 2 is 1.95 bits per heavy atom. The lowest BCUT2D eigenvalue weighted by molar-refractivity contribution is 0.368. The number of anilines is 1. The number of halogens is 3. The van der Waals surface area contributed by atoms with Gasteiger partial charge in [-0.25, -0.2) is 0 Å². The zero-order valence-electron chi connectivity index (χ0n) is 11.0. The standard InChI is InChI=1S/C16H12BrCl2NO/c1-2-7-21-16-6-3-11(8-13(16)17)10-20-12-4-5-14(18)15(19)9-12/h1,3-6,8-9,20H,7,10H2. The average Bonchev–Trinajstić information content (AvgIpc) is 2.47. The zero-order valence-corrected chi connectivity index (χ0v) is 14.1.